The first-order valence-electron chi connectivity index (χ1n) is 11.2. The van der Waals surface area contributed by atoms with Gasteiger partial charge in [0.05, 0.1) is 19.1 Å². The molecule has 2 heterocycles. The summed E-state index contributed by atoms with van der Waals surface area (Å²) < 4.78 is 7.40. The molecule has 0 spiro atoms. The van der Waals surface area contributed by atoms with E-state index in [1.165, 1.54) is 0 Å². The van der Waals surface area contributed by atoms with Crippen LogP contribution in [0.1, 0.15) is 72.5 Å². The Balaban J connectivity index is 1.96. The third-order valence-corrected chi connectivity index (χ3v) is 4.73. The summed E-state index contributed by atoms with van der Waals surface area (Å²) in [6.45, 7) is 13.8. The number of guanidine groups is 1. The molecular weight excluding hydrogens is 382 g/mol. The Morgan fingerprint density at radius 3 is 2.73 bits per heavy atom. The molecule has 9 nitrogen and oxygen atoms in total. The van der Waals surface area contributed by atoms with Crippen LogP contribution in [0.3, 0.4) is 0 Å². The number of fused-ring (bicyclic) bond motifs is 1. The maximum absolute atomic E-state index is 12.1. The van der Waals surface area contributed by atoms with Crippen LogP contribution in [0.15, 0.2) is 4.99 Å². The van der Waals surface area contributed by atoms with Crippen LogP contribution in [-0.4, -0.2) is 57.6 Å². The summed E-state index contributed by atoms with van der Waals surface area (Å²) in [6.07, 6.45) is 4.15. The molecule has 0 bridgehead atoms. The number of hydrogen-bond donors (Lipinski definition) is 3. The van der Waals surface area contributed by atoms with Crippen molar-refractivity contribution in [2.24, 2.45) is 4.99 Å². The van der Waals surface area contributed by atoms with Gasteiger partial charge in [-0.25, -0.2) is 14.5 Å². The predicted octanol–water partition coefficient (Wildman–Crippen LogP) is 2.40. The van der Waals surface area contributed by atoms with E-state index < -0.39 is 11.7 Å². The molecule has 1 aromatic rings. The summed E-state index contributed by atoms with van der Waals surface area (Å²) >= 11 is 0. The van der Waals surface area contributed by atoms with Gasteiger partial charge in [0.15, 0.2) is 11.8 Å². The highest BCUT2D eigenvalue weighted by Gasteiger charge is 2.23. The number of aliphatic imine (C=N–C) groups is 1. The van der Waals surface area contributed by atoms with Crippen molar-refractivity contribution in [2.45, 2.75) is 97.9 Å². The number of alkyl carbamates (subject to hydrolysis) is 1. The van der Waals surface area contributed by atoms with Crippen LogP contribution in [0.5, 0.6) is 0 Å². The zero-order valence-corrected chi connectivity index (χ0v) is 19.4. The van der Waals surface area contributed by atoms with Crippen molar-refractivity contribution in [1.82, 2.24) is 30.7 Å². The van der Waals surface area contributed by atoms with E-state index in [-0.39, 0.29) is 12.1 Å². The normalized spacial score (nSPS) is 17.8. The Kier molecular flexibility index (Phi) is 8.92. The molecule has 170 valence electrons. The van der Waals surface area contributed by atoms with Crippen molar-refractivity contribution in [2.75, 3.05) is 13.1 Å². The topological polar surface area (TPSA) is 105 Å². The monoisotopic (exact) mass is 421 g/mol. The molecule has 1 aliphatic rings. The third-order valence-electron chi connectivity index (χ3n) is 4.73. The first kappa shape index (κ1) is 24.0. The molecule has 2 atom stereocenters. The predicted molar refractivity (Wildman–Crippen MR) is 119 cm³/mol. The second-order valence-electron chi connectivity index (χ2n) is 8.71. The summed E-state index contributed by atoms with van der Waals surface area (Å²) in [7, 11) is 0. The van der Waals surface area contributed by atoms with E-state index in [2.05, 4.69) is 39.9 Å². The fourth-order valence-electron chi connectivity index (χ4n) is 3.37. The standard InChI is InChI=1S/C21H39N7O2/c1-7-10-15(25-20(29)30-21(4,5)6)13-23-19(22-9-3)24-16-11-12-18-26-17(8-2)27-28(18)14-16/h15-16H,7-14H2,1-6H3,(H,25,29)(H2,22,23,24). The van der Waals surface area contributed by atoms with Crippen LogP contribution >= 0.6 is 0 Å². The van der Waals surface area contributed by atoms with E-state index in [0.717, 1.165) is 62.8 Å². The van der Waals surface area contributed by atoms with Gasteiger partial charge >= 0.3 is 6.09 Å². The molecule has 3 N–H and O–H groups in total. The SMILES string of the molecule is CCCC(CN=C(NCC)NC1CCc2nc(CC)nn2C1)NC(=O)OC(C)(C)C. The molecule has 1 aliphatic heterocycles. The van der Waals surface area contributed by atoms with Gasteiger partial charge in [-0.2, -0.15) is 5.10 Å². The number of aromatic nitrogens is 3. The molecule has 2 unspecified atom stereocenters. The lowest BCUT2D eigenvalue weighted by Crippen LogP contribution is -2.48. The average Bonchev–Trinajstić information content (AvgIpc) is 3.07. The van der Waals surface area contributed by atoms with Crippen LogP contribution in [0.25, 0.3) is 0 Å². The second-order valence-corrected chi connectivity index (χ2v) is 8.71. The number of carbonyl (C=O) groups is 1. The fraction of sp³-hybridized carbons (Fsp3) is 0.810. The summed E-state index contributed by atoms with van der Waals surface area (Å²) in [5, 5.41) is 14.4. The van der Waals surface area contributed by atoms with Crippen LogP contribution in [0, 0.1) is 0 Å². The Morgan fingerprint density at radius 1 is 1.33 bits per heavy atom. The summed E-state index contributed by atoms with van der Waals surface area (Å²) in [5.74, 6) is 2.73. The van der Waals surface area contributed by atoms with Crippen molar-refractivity contribution >= 4 is 12.1 Å². The minimum absolute atomic E-state index is 0.0688. The van der Waals surface area contributed by atoms with Crippen molar-refractivity contribution in [3.63, 3.8) is 0 Å². The Labute approximate surface area is 180 Å². The van der Waals surface area contributed by atoms with Crippen molar-refractivity contribution in [3.05, 3.63) is 11.6 Å². The lowest BCUT2D eigenvalue weighted by molar-refractivity contribution is 0.0503. The van der Waals surface area contributed by atoms with Gasteiger partial charge in [0.2, 0.25) is 0 Å². The van der Waals surface area contributed by atoms with Gasteiger partial charge in [0, 0.05) is 25.4 Å². The van der Waals surface area contributed by atoms with Crippen molar-refractivity contribution in [1.29, 1.82) is 0 Å². The number of rotatable bonds is 8. The minimum atomic E-state index is -0.514. The Morgan fingerprint density at radius 2 is 2.10 bits per heavy atom. The number of aryl methyl sites for hydroxylation is 2. The van der Waals surface area contributed by atoms with E-state index in [4.69, 9.17) is 9.73 Å². The van der Waals surface area contributed by atoms with Gasteiger partial charge < -0.3 is 20.7 Å². The van der Waals surface area contributed by atoms with Crippen LogP contribution < -0.4 is 16.0 Å². The maximum Gasteiger partial charge on any atom is 0.407 e. The lowest BCUT2D eigenvalue weighted by Gasteiger charge is -2.26. The first-order chi connectivity index (χ1) is 14.2. The van der Waals surface area contributed by atoms with Crippen LogP contribution in [-0.2, 0) is 24.1 Å². The lowest BCUT2D eigenvalue weighted by atomic mass is 10.1. The molecule has 0 aromatic carbocycles. The van der Waals surface area contributed by atoms with Crippen molar-refractivity contribution < 1.29 is 9.53 Å². The minimum Gasteiger partial charge on any atom is -0.444 e. The van der Waals surface area contributed by atoms with Crippen molar-refractivity contribution in [3.8, 4) is 0 Å². The number of nitrogens with one attached hydrogen (secondary N) is 3. The molecule has 9 heteroatoms. The molecule has 0 aliphatic carbocycles. The van der Waals surface area contributed by atoms with E-state index >= 15 is 0 Å². The fourth-order valence-corrected chi connectivity index (χ4v) is 3.37. The summed E-state index contributed by atoms with van der Waals surface area (Å²) in [6, 6.07) is 0.172. The van der Waals surface area contributed by atoms with E-state index in [9.17, 15) is 4.79 Å². The van der Waals surface area contributed by atoms with E-state index in [1.54, 1.807) is 0 Å². The zero-order chi connectivity index (χ0) is 22.1. The smallest absolute Gasteiger partial charge is 0.407 e. The van der Waals surface area contributed by atoms with Gasteiger partial charge in [-0.3, -0.25) is 4.99 Å². The maximum atomic E-state index is 12.1. The van der Waals surface area contributed by atoms with E-state index in [1.807, 2.05) is 32.4 Å². The number of amides is 1. The van der Waals surface area contributed by atoms with Gasteiger partial charge in [0.25, 0.3) is 0 Å². The first-order valence-corrected chi connectivity index (χ1v) is 11.2. The van der Waals surface area contributed by atoms with E-state index in [0.29, 0.717) is 6.54 Å². The highest BCUT2D eigenvalue weighted by molar-refractivity contribution is 5.80. The third kappa shape index (κ3) is 7.84. The summed E-state index contributed by atoms with van der Waals surface area (Å²) in [5.41, 5.74) is -0.514. The molecule has 0 radical (unpaired) electrons. The molecule has 0 saturated heterocycles. The van der Waals surface area contributed by atoms with Gasteiger partial charge in [-0.1, -0.05) is 20.3 Å². The molecule has 2 rings (SSSR count). The molecule has 1 aromatic heterocycles. The largest absolute Gasteiger partial charge is 0.444 e. The zero-order valence-electron chi connectivity index (χ0n) is 19.4. The van der Waals surface area contributed by atoms with Gasteiger partial charge in [0.1, 0.15) is 11.4 Å². The number of nitrogens with zero attached hydrogens (tertiary/aromatic N) is 4. The number of ether oxygens (including phenoxy) is 1. The van der Waals surface area contributed by atoms with Gasteiger partial charge in [-0.05, 0) is 40.5 Å². The summed E-state index contributed by atoms with van der Waals surface area (Å²) in [4.78, 5) is 21.5. The van der Waals surface area contributed by atoms with Gasteiger partial charge in [-0.15, -0.1) is 0 Å². The van der Waals surface area contributed by atoms with Crippen LogP contribution in [0.4, 0.5) is 4.79 Å². The Bertz CT molecular complexity index is 709. The number of hydrogen-bond acceptors (Lipinski definition) is 5. The molecule has 0 saturated carbocycles. The quantitative estimate of drug-likeness (QED) is 0.440. The molecule has 0 fully saturated rings. The highest BCUT2D eigenvalue weighted by Crippen LogP contribution is 2.13. The molecule has 1 amide bonds. The highest BCUT2D eigenvalue weighted by atomic mass is 16.6. The molecular formula is C21H39N7O2. The second kappa shape index (κ2) is 11.2. The Hall–Kier alpha value is -2.32. The van der Waals surface area contributed by atoms with Crippen LogP contribution in [0.2, 0.25) is 0 Å². The average molecular weight is 422 g/mol. The molecule has 30 heavy (non-hydrogen) atoms. The number of carbonyl (C=O) groups excluding carboxylic acids is 1.